The van der Waals surface area contributed by atoms with Crippen molar-refractivity contribution >= 4 is 68.4 Å². The Hall–Kier alpha value is -4.99. The number of sulfonamides is 1. The number of aryl methyl sites for hydroxylation is 4. The van der Waals surface area contributed by atoms with Crippen LogP contribution in [0.2, 0.25) is 0 Å². The molecule has 1 heterocycles. The van der Waals surface area contributed by atoms with E-state index in [2.05, 4.69) is 15.0 Å². The second-order valence-electron chi connectivity index (χ2n) is 15.7. The third kappa shape index (κ3) is 8.62. The summed E-state index contributed by atoms with van der Waals surface area (Å²) in [6.45, 7) is 14.3. The maximum Gasteiger partial charge on any atom is 0.296 e. The summed E-state index contributed by atoms with van der Waals surface area (Å²) in [5.74, 6) is -0.0365. The average Bonchev–Trinajstić information content (AvgIpc) is 3.07. The topological polar surface area (TPSA) is 247 Å². The summed E-state index contributed by atoms with van der Waals surface area (Å²) >= 11 is 0. The van der Waals surface area contributed by atoms with E-state index in [1.807, 2.05) is 0 Å². The standard InChI is InChI=1S/C41H43N3O12S4/c1-21-16-23(3)39(59(50,51)52)25(5)37(21)42-27-14-15-28-32(18-27)56-33-20-31(43-38-22(2)17-24(4)40(26(38)6)60(53,54)55)35(58(47,48)49)19-30(33)36(28)29-12-10-11-13-34(29)57(45,46)44-41(7,8)9/h10-20,42,44H,1-9H3,(H,47,48,49)(H,50,51,52)(H,53,54,55)/b43-31+. The van der Waals surface area contributed by atoms with Crippen molar-refractivity contribution in [2.45, 2.75) is 87.4 Å². The molecule has 1 aliphatic carbocycles. The maximum atomic E-state index is 14.0. The van der Waals surface area contributed by atoms with Crippen molar-refractivity contribution in [2.75, 3.05) is 5.32 Å². The Bertz CT molecular complexity index is 3300. The van der Waals surface area contributed by atoms with Crippen LogP contribution in [-0.4, -0.2) is 52.9 Å². The molecule has 0 fully saturated rings. The van der Waals surface area contributed by atoms with Crippen LogP contribution in [0, 0.1) is 41.5 Å². The van der Waals surface area contributed by atoms with Crippen LogP contribution in [0.5, 0.6) is 0 Å². The average molecular weight is 898 g/mol. The number of hydrogen-bond acceptors (Lipinski definition) is 11. The number of nitrogens with zero attached hydrogens (tertiary/aromatic N) is 1. The van der Waals surface area contributed by atoms with E-state index in [0.29, 0.717) is 33.5 Å². The molecule has 15 nitrogen and oxygen atoms in total. The number of hydrogen-bond donors (Lipinski definition) is 5. The second-order valence-corrected chi connectivity index (χ2v) is 21.4. The predicted octanol–water partition coefficient (Wildman–Crippen LogP) is 7.85. The molecule has 0 radical (unpaired) electrons. The summed E-state index contributed by atoms with van der Waals surface area (Å²) in [4.78, 5) is 2.95. The molecule has 6 rings (SSSR count). The number of anilines is 2. The van der Waals surface area contributed by atoms with Gasteiger partial charge in [-0.05, 0) is 120 Å². The Balaban J connectivity index is 1.75. The van der Waals surface area contributed by atoms with Gasteiger partial charge in [0.15, 0.2) is 0 Å². The summed E-state index contributed by atoms with van der Waals surface area (Å²) < 4.78 is 144. The van der Waals surface area contributed by atoms with Crippen molar-refractivity contribution in [2.24, 2.45) is 4.99 Å². The Morgan fingerprint density at radius 3 is 1.78 bits per heavy atom. The summed E-state index contributed by atoms with van der Waals surface area (Å²) in [5.41, 5.74) is 2.24. The molecule has 4 aromatic rings. The van der Waals surface area contributed by atoms with Crippen LogP contribution in [0.15, 0.2) is 95.7 Å². The van der Waals surface area contributed by atoms with Crippen molar-refractivity contribution in [3.05, 3.63) is 105 Å². The summed E-state index contributed by atoms with van der Waals surface area (Å²) in [6, 6.07) is 16.2. The van der Waals surface area contributed by atoms with E-state index in [0.717, 1.165) is 6.07 Å². The van der Waals surface area contributed by atoms with E-state index in [1.54, 1.807) is 78.8 Å². The van der Waals surface area contributed by atoms with Crippen molar-refractivity contribution in [1.29, 1.82) is 0 Å². The van der Waals surface area contributed by atoms with Crippen LogP contribution in [0.3, 0.4) is 0 Å². The van der Waals surface area contributed by atoms with E-state index in [9.17, 15) is 47.3 Å². The van der Waals surface area contributed by atoms with Crippen molar-refractivity contribution < 1.29 is 51.7 Å². The highest BCUT2D eigenvalue weighted by Gasteiger charge is 2.30. The third-order valence-corrected chi connectivity index (χ3v) is 14.7. The van der Waals surface area contributed by atoms with Crippen LogP contribution in [0.4, 0.5) is 17.1 Å². The van der Waals surface area contributed by atoms with Gasteiger partial charge in [0, 0.05) is 51.1 Å². The minimum atomic E-state index is -5.10. The molecule has 1 aliphatic heterocycles. The molecule has 0 spiro atoms. The van der Waals surface area contributed by atoms with Gasteiger partial charge in [-0.2, -0.15) is 25.3 Å². The van der Waals surface area contributed by atoms with E-state index in [4.69, 9.17) is 4.42 Å². The predicted molar refractivity (Wildman–Crippen MR) is 228 cm³/mol. The van der Waals surface area contributed by atoms with E-state index in [-0.39, 0.29) is 65.6 Å². The Kier molecular flexibility index (Phi) is 11.3. The molecule has 0 saturated heterocycles. The quantitative estimate of drug-likeness (QED) is 0.0686. The fraction of sp³-hybridized carbons (Fsp3) is 0.244. The fourth-order valence-corrected chi connectivity index (χ4v) is 11.9. The molecule has 5 N–H and O–H groups in total. The molecule has 2 aliphatic rings. The van der Waals surface area contributed by atoms with Gasteiger partial charge in [-0.15, -0.1) is 0 Å². The second kappa shape index (κ2) is 15.2. The first-order valence-corrected chi connectivity index (χ1v) is 23.9. The number of rotatable bonds is 9. The van der Waals surface area contributed by atoms with Gasteiger partial charge in [-0.1, -0.05) is 30.3 Å². The van der Waals surface area contributed by atoms with Crippen LogP contribution >= 0.6 is 0 Å². The monoisotopic (exact) mass is 897 g/mol. The highest BCUT2D eigenvalue weighted by Crippen LogP contribution is 2.44. The van der Waals surface area contributed by atoms with Gasteiger partial charge in [0.2, 0.25) is 10.0 Å². The molecule has 318 valence electrons. The van der Waals surface area contributed by atoms with Gasteiger partial charge in [0.05, 0.1) is 15.9 Å². The molecular formula is C41H43N3O12S4. The minimum absolute atomic E-state index is 0.00701. The molecule has 19 heteroatoms. The zero-order valence-electron chi connectivity index (χ0n) is 33.9. The molecule has 0 bridgehead atoms. The van der Waals surface area contributed by atoms with Gasteiger partial charge in [0.1, 0.15) is 26.0 Å². The van der Waals surface area contributed by atoms with Gasteiger partial charge in [-0.3, -0.25) is 13.7 Å². The van der Waals surface area contributed by atoms with Crippen LogP contribution in [0.25, 0.3) is 33.4 Å². The van der Waals surface area contributed by atoms with Crippen molar-refractivity contribution in [3.63, 3.8) is 0 Å². The van der Waals surface area contributed by atoms with Crippen LogP contribution in [0.1, 0.15) is 54.2 Å². The maximum absolute atomic E-state index is 14.0. The lowest BCUT2D eigenvalue weighted by Gasteiger charge is -2.23. The van der Waals surface area contributed by atoms with E-state index < -0.39 is 55.7 Å². The lowest BCUT2D eigenvalue weighted by atomic mass is 9.93. The molecule has 0 unspecified atom stereocenters. The molecule has 0 saturated carbocycles. The summed E-state index contributed by atoms with van der Waals surface area (Å²) in [5, 5.41) is 3.14. The fourth-order valence-electron chi connectivity index (χ4n) is 7.68. The first kappa shape index (κ1) is 44.6. The smallest absolute Gasteiger partial charge is 0.296 e. The zero-order chi connectivity index (χ0) is 44.7. The minimum Gasteiger partial charge on any atom is -0.456 e. The number of fused-ring (bicyclic) bond motifs is 2. The van der Waals surface area contributed by atoms with Crippen molar-refractivity contribution in [3.8, 4) is 22.5 Å². The Morgan fingerprint density at radius 2 is 1.20 bits per heavy atom. The Labute approximate surface area is 348 Å². The largest absolute Gasteiger partial charge is 0.456 e. The molecule has 60 heavy (non-hydrogen) atoms. The first-order valence-electron chi connectivity index (χ1n) is 18.1. The van der Waals surface area contributed by atoms with E-state index in [1.165, 1.54) is 44.2 Å². The van der Waals surface area contributed by atoms with E-state index >= 15 is 0 Å². The molecule has 0 aromatic heterocycles. The van der Waals surface area contributed by atoms with Crippen LogP contribution in [-0.2, 0) is 40.4 Å². The third-order valence-electron chi connectivity index (χ3n) is 9.74. The summed E-state index contributed by atoms with van der Waals surface area (Å²) in [7, 11) is -18.7. The number of benzene rings is 5. The molecule has 0 amide bonds. The van der Waals surface area contributed by atoms with Gasteiger partial charge in [0.25, 0.3) is 30.4 Å². The lowest BCUT2D eigenvalue weighted by molar-refractivity contribution is 0.479. The highest BCUT2D eigenvalue weighted by molar-refractivity contribution is 7.89. The summed E-state index contributed by atoms with van der Waals surface area (Å²) in [6.07, 6.45) is 0. The first-order chi connectivity index (χ1) is 27.5. The molecule has 0 atom stereocenters. The van der Waals surface area contributed by atoms with Crippen LogP contribution < -0.4 is 15.4 Å². The van der Waals surface area contributed by atoms with Crippen molar-refractivity contribution in [1.82, 2.24) is 4.72 Å². The zero-order valence-corrected chi connectivity index (χ0v) is 37.2. The molecule has 4 aromatic carbocycles. The lowest BCUT2D eigenvalue weighted by Crippen LogP contribution is -2.40. The Morgan fingerprint density at radius 1 is 0.617 bits per heavy atom. The normalized spacial score (nSPS) is 13.4. The van der Waals surface area contributed by atoms with Gasteiger partial charge in [-0.25, -0.2) is 18.1 Å². The van der Waals surface area contributed by atoms with Gasteiger partial charge >= 0.3 is 0 Å². The SMILES string of the molecule is Cc1cc(C)c(S(=O)(=O)O)c(C)c1/N=c1\cc2oc3cc(Nc4c(C)cc(C)c(S(=O)(=O)O)c4C)ccc3c(-c3ccccc3S(=O)(=O)NC(C)(C)C)c-2cc1S(=O)(=O)O. The highest BCUT2D eigenvalue weighted by atomic mass is 32.2. The number of nitrogens with one attached hydrogen (secondary N) is 2. The van der Waals surface area contributed by atoms with Gasteiger partial charge < -0.3 is 9.73 Å². The molecular weight excluding hydrogens is 855 g/mol.